The maximum Gasteiger partial charge on any atom is 0.223 e. The standard InChI is InChI=1S/C40H44F2N6O2.2C4H10.C2H2/c1-39(41)17-13-29(14-18-39)37(49)44-23-35-43-22-34(48-35)28-9-7-26(8-10-28)25-3-5-27(6-4-25)31-11-12-32-33(21-31)47-36(46-32)24-45-38(50)30-15-19-40(2,42)20-16-30;2*1-4(2)3;1-2/h3-12,21-22,29-30H,13-20,23-24H2,1-2H3,(H,43,48)(H,44,49)(H,45,50)(H,46,47);2*4H,1-3H3;1-2H. The van der Waals surface area contributed by atoms with Crippen molar-refractivity contribution in [1.82, 2.24) is 30.6 Å². The minimum absolute atomic E-state index is 0.0335. The number of aromatic nitrogens is 4. The molecule has 2 aliphatic rings. The maximum absolute atomic E-state index is 14.1. The molecule has 2 aromatic heterocycles. The van der Waals surface area contributed by atoms with Gasteiger partial charge in [0, 0.05) is 11.8 Å². The van der Waals surface area contributed by atoms with Gasteiger partial charge in [-0.25, -0.2) is 18.7 Å². The second-order valence-electron chi connectivity index (χ2n) is 18.1. The predicted octanol–water partition coefficient (Wildman–Crippen LogP) is 11.9. The third-order valence-electron chi connectivity index (χ3n) is 10.6. The molecule has 0 aliphatic heterocycles. The Morgan fingerprint density at radius 1 is 0.650 bits per heavy atom. The van der Waals surface area contributed by atoms with Crippen molar-refractivity contribution in [1.29, 1.82) is 0 Å². The summed E-state index contributed by atoms with van der Waals surface area (Å²) in [6.07, 6.45) is 13.8. The Kier molecular flexibility index (Phi) is 17.2. The Balaban J connectivity index is 0.000000721. The number of carbonyl (C=O) groups is 2. The summed E-state index contributed by atoms with van der Waals surface area (Å²) in [6, 6.07) is 22.8. The second-order valence-corrected chi connectivity index (χ2v) is 18.1. The summed E-state index contributed by atoms with van der Waals surface area (Å²) >= 11 is 0. The number of hydrogen-bond acceptors (Lipinski definition) is 4. The van der Waals surface area contributed by atoms with Gasteiger partial charge in [-0.1, -0.05) is 96.1 Å². The number of carbonyl (C=O) groups excluding carboxylic acids is 2. The number of imidazole rings is 2. The first-order valence-corrected chi connectivity index (χ1v) is 21.5. The third-order valence-corrected chi connectivity index (χ3v) is 10.6. The van der Waals surface area contributed by atoms with Gasteiger partial charge in [-0.05, 0) is 117 Å². The van der Waals surface area contributed by atoms with E-state index < -0.39 is 11.3 Å². The molecule has 2 saturated carbocycles. The van der Waals surface area contributed by atoms with E-state index >= 15 is 0 Å². The summed E-state index contributed by atoms with van der Waals surface area (Å²) in [7, 11) is 0. The fourth-order valence-corrected chi connectivity index (χ4v) is 7.22. The number of fused-ring (bicyclic) bond motifs is 1. The van der Waals surface area contributed by atoms with Crippen LogP contribution < -0.4 is 10.6 Å². The second kappa shape index (κ2) is 21.8. The number of alkyl halides is 2. The molecule has 4 N–H and O–H groups in total. The normalized spacial score (nSPS) is 21.1. The molecule has 322 valence electrons. The molecule has 2 heterocycles. The lowest BCUT2D eigenvalue weighted by Gasteiger charge is -2.30. The van der Waals surface area contributed by atoms with Crippen LogP contribution >= 0.6 is 0 Å². The van der Waals surface area contributed by atoms with E-state index in [1.54, 1.807) is 20.0 Å². The Morgan fingerprint density at radius 2 is 1.03 bits per heavy atom. The molecule has 0 spiro atoms. The molecule has 10 heteroatoms. The van der Waals surface area contributed by atoms with Gasteiger partial charge in [0.15, 0.2) is 0 Å². The Morgan fingerprint density at radius 3 is 1.48 bits per heavy atom. The molecule has 0 radical (unpaired) electrons. The third kappa shape index (κ3) is 14.5. The molecular weight excluding hydrogens is 755 g/mol. The molecule has 5 aromatic rings. The maximum atomic E-state index is 14.1. The Labute approximate surface area is 356 Å². The number of rotatable bonds is 9. The van der Waals surface area contributed by atoms with Crippen molar-refractivity contribution in [3.63, 3.8) is 0 Å². The van der Waals surface area contributed by atoms with Gasteiger partial charge in [0.1, 0.15) is 23.0 Å². The van der Waals surface area contributed by atoms with Crippen LogP contribution in [0.3, 0.4) is 0 Å². The van der Waals surface area contributed by atoms with Crippen LogP contribution in [-0.2, 0) is 22.7 Å². The zero-order valence-corrected chi connectivity index (χ0v) is 36.9. The number of amides is 2. The fraction of sp³-hybridized carbons (Fsp3) is 0.480. The van der Waals surface area contributed by atoms with Crippen LogP contribution in [0.2, 0.25) is 0 Å². The van der Waals surface area contributed by atoms with Gasteiger partial charge in [-0.2, -0.15) is 0 Å². The van der Waals surface area contributed by atoms with Crippen molar-refractivity contribution in [2.75, 3.05) is 0 Å². The van der Waals surface area contributed by atoms with Gasteiger partial charge in [-0.15, -0.1) is 12.8 Å². The Hall–Kier alpha value is -5.30. The van der Waals surface area contributed by atoms with Crippen molar-refractivity contribution < 1.29 is 18.4 Å². The average molecular weight is 821 g/mol. The number of benzene rings is 3. The van der Waals surface area contributed by atoms with E-state index in [-0.39, 0.29) is 23.7 Å². The van der Waals surface area contributed by atoms with Crippen molar-refractivity contribution >= 4 is 22.8 Å². The summed E-state index contributed by atoms with van der Waals surface area (Å²) in [6.45, 7) is 16.9. The molecular formula is C50H66F2N6O2. The summed E-state index contributed by atoms with van der Waals surface area (Å²) < 4.78 is 28.2. The van der Waals surface area contributed by atoms with Crippen molar-refractivity contribution in [2.45, 2.75) is 131 Å². The molecule has 0 unspecified atom stereocenters. The quantitative estimate of drug-likeness (QED) is 0.111. The monoisotopic (exact) mass is 821 g/mol. The molecule has 0 bridgehead atoms. The highest BCUT2D eigenvalue weighted by Gasteiger charge is 2.34. The first kappa shape index (κ1) is 47.4. The van der Waals surface area contributed by atoms with Crippen LogP contribution in [0.4, 0.5) is 8.78 Å². The van der Waals surface area contributed by atoms with Crippen molar-refractivity contribution in [3.05, 3.63) is 84.6 Å². The molecule has 2 amide bonds. The van der Waals surface area contributed by atoms with E-state index in [9.17, 15) is 18.4 Å². The number of terminal acetylenes is 1. The van der Waals surface area contributed by atoms with Gasteiger partial charge in [0.2, 0.25) is 11.8 Å². The van der Waals surface area contributed by atoms with E-state index in [0.717, 1.165) is 56.4 Å². The van der Waals surface area contributed by atoms with Gasteiger partial charge in [0.25, 0.3) is 0 Å². The lowest BCUT2D eigenvalue weighted by atomic mass is 9.80. The summed E-state index contributed by atoms with van der Waals surface area (Å²) in [5.41, 5.74) is 5.61. The summed E-state index contributed by atoms with van der Waals surface area (Å²) in [4.78, 5) is 41.0. The van der Waals surface area contributed by atoms with Gasteiger partial charge < -0.3 is 20.6 Å². The van der Waals surface area contributed by atoms with Crippen LogP contribution in [0, 0.1) is 36.5 Å². The SMILES string of the molecule is C#C.CC(C)C.CC(C)C.CC1(F)CCC(C(=O)NCc2ncc(-c3ccc(-c4ccc(-c5ccc6nc(CNC(=O)C7CCC(C)(F)CC7)[nH]c6c5)cc4)cc3)[nH]2)CC1. The average Bonchev–Trinajstić information content (AvgIpc) is 3.86. The van der Waals surface area contributed by atoms with E-state index in [1.807, 2.05) is 12.1 Å². The smallest absolute Gasteiger partial charge is 0.223 e. The Bertz CT molecular complexity index is 2100. The number of halogens is 2. The highest BCUT2D eigenvalue weighted by Crippen LogP contribution is 2.36. The zero-order valence-electron chi connectivity index (χ0n) is 36.9. The molecule has 8 nitrogen and oxygen atoms in total. The molecule has 7 rings (SSSR count). The highest BCUT2D eigenvalue weighted by molar-refractivity contribution is 5.83. The van der Waals surface area contributed by atoms with Crippen LogP contribution in [0.25, 0.3) is 44.5 Å². The molecule has 3 aromatic carbocycles. The summed E-state index contributed by atoms with van der Waals surface area (Å²) in [5.74, 6) is 2.69. The van der Waals surface area contributed by atoms with Crippen molar-refractivity contribution in [2.24, 2.45) is 23.7 Å². The van der Waals surface area contributed by atoms with E-state index in [1.165, 1.54) is 0 Å². The van der Waals surface area contributed by atoms with E-state index in [2.05, 4.69) is 140 Å². The minimum atomic E-state index is -1.16. The highest BCUT2D eigenvalue weighted by atomic mass is 19.1. The van der Waals surface area contributed by atoms with Crippen LogP contribution in [0.15, 0.2) is 72.9 Å². The molecule has 2 fully saturated rings. The van der Waals surface area contributed by atoms with Crippen molar-refractivity contribution in [3.8, 4) is 46.4 Å². The molecule has 0 atom stereocenters. The first-order chi connectivity index (χ1) is 28.5. The van der Waals surface area contributed by atoms with Gasteiger partial charge in [-0.3, -0.25) is 9.59 Å². The number of nitrogens with one attached hydrogen (secondary N) is 4. The van der Waals surface area contributed by atoms with E-state index in [0.29, 0.717) is 76.1 Å². The molecule has 2 aliphatic carbocycles. The minimum Gasteiger partial charge on any atom is -0.349 e. The number of H-pyrrole nitrogens is 2. The fourth-order valence-electron chi connectivity index (χ4n) is 7.22. The zero-order chi connectivity index (χ0) is 44.0. The van der Waals surface area contributed by atoms with Crippen LogP contribution in [0.5, 0.6) is 0 Å². The summed E-state index contributed by atoms with van der Waals surface area (Å²) in [5, 5.41) is 5.93. The number of nitrogens with zero attached hydrogens (tertiary/aromatic N) is 2. The first-order valence-electron chi connectivity index (χ1n) is 21.5. The van der Waals surface area contributed by atoms with Gasteiger partial charge >= 0.3 is 0 Å². The van der Waals surface area contributed by atoms with Gasteiger partial charge in [0.05, 0.1) is 36.0 Å². The largest absolute Gasteiger partial charge is 0.349 e. The number of hydrogen-bond donors (Lipinski definition) is 4. The predicted molar refractivity (Wildman–Crippen MR) is 242 cm³/mol. The van der Waals surface area contributed by atoms with E-state index in [4.69, 9.17) is 0 Å². The van der Waals surface area contributed by atoms with Crippen LogP contribution in [0.1, 0.15) is 118 Å². The molecule has 60 heavy (non-hydrogen) atoms. The lowest BCUT2D eigenvalue weighted by Crippen LogP contribution is -2.36. The topological polar surface area (TPSA) is 116 Å². The lowest BCUT2D eigenvalue weighted by molar-refractivity contribution is -0.127. The van der Waals surface area contributed by atoms with Crippen LogP contribution in [-0.4, -0.2) is 43.1 Å². The molecule has 0 saturated heterocycles. The number of aromatic amines is 2.